The lowest BCUT2D eigenvalue weighted by atomic mass is 10.0. The molecule has 0 aromatic carbocycles. The minimum Gasteiger partial charge on any atom is -0.354 e. The van der Waals surface area contributed by atoms with E-state index in [9.17, 15) is 0 Å². The fourth-order valence-corrected chi connectivity index (χ4v) is 3.08. The number of likely N-dealkylation sites (N-methyl/N-ethyl adjacent to an activating group) is 1. The fraction of sp³-hybridized carbons (Fsp3) is 0.769. The average Bonchev–Trinajstić information content (AvgIpc) is 2.94. The Morgan fingerprint density at radius 2 is 2.06 bits per heavy atom. The summed E-state index contributed by atoms with van der Waals surface area (Å²) in [6.45, 7) is 7.13. The third-order valence-electron chi connectivity index (χ3n) is 4.26. The van der Waals surface area contributed by atoms with Crippen molar-refractivity contribution in [2.24, 2.45) is 0 Å². The van der Waals surface area contributed by atoms with Gasteiger partial charge in [-0.1, -0.05) is 0 Å². The molecule has 1 N–H and O–H groups in total. The molecule has 5 heteroatoms. The van der Waals surface area contributed by atoms with Gasteiger partial charge in [-0.15, -0.1) is 0 Å². The smallest absolute Gasteiger partial charge is 0.150 e. The van der Waals surface area contributed by atoms with E-state index >= 15 is 0 Å². The van der Waals surface area contributed by atoms with Gasteiger partial charge in [-0.25, -0.2) is 0 Å². The molecule has 2 saturated heterocycles. The van der Waals surface area contributed by atoms with Gasteiger partial charge in [0.1, 0.15) is 5.82 Å². The maximum Gasteiger partial charge on any atom is 0.150 e. The number of hydrogen-bond acceptors (Lipinski definition) is 4. The van der Waals surface area contributed by atoms with Crippen molar-refractivity contribution in [3.05, 3.63) is 12.3 Å². The Kier molecular flexibility index (Phi) is 3.52. The minimum absolute atomic E-state index is 0.712. The Balaban J connectivity index is 1.60. The summed E-state index contributed by atoms with van der Waals surface area (Å²) in [5, 5.41) is 7.22. The SMILES string of the molecule is CN1CCN(C2CCCN(c3cc[nH]n3)C2)CC1. The van der Waals surface area contributed by atoms with Gasteiger partial charge in [0, 0.05) is 57.6 Å². The molecular formula is C13H23N5. The summed E-state index contributed by atoms with van der Waals surface area (Å²) in [5.74, 6) is 1.11. The normalized spacial score (nSPS) is 27.6. The second kappa shape index (κ2) is 5.28. The van der Waals surface area contributed by atoms with Crippen molar-refractivity contribution in [2.45, 2.75) is 18.9 Å². The van der Waals surface area contributed by atoms with Crippen LogP contribution >= 0.6 is 0 Å². The van der Waals surface area contributed by atoms with Crippen LogP contribution in [0.15, 0.2) is 12.3 Å². The van der Waals surface area contributed by atoms with Gasteiger partial charge in [0.05, 0.1) is 0 Å². The Morgan fingerprint density at radius 3 is 2.78 bits per heavy atom. The number of hydrogen-bond donors (Lipinski definition) is 1. The molecule has 100 valence electrons. The van der Waals surface area contributed by atoms with Gasteiger partial charge in [-0.3, -0.25) is 10.00 Å². The molecule has 0 aliphatic carbocycles. The molecule has 3 rings (SSSR count). The monoisotopic (exact) mass is 249 g/mol. The highest BCUT2D eigenvalue weighted by Crippen LogP contribution is 2.21. The van der Waals surface area contributed by atoms with Crippen LogP contribution in [0.4, 0.5) is 5.82 Å². The van der Waals surface area contributed by atoms with E-state index in [0.29, 0.717) is 6.04 Å². The van der Waals surface area contributed by atoms with E-state index in [-0.39, 0.29) is 0 Å². The first-order chi connectivity index (χ1) is 8.83. The van der Waals surface area contributed by atoms with E-state index in [2.05, 4.69) is 38.0 Å². The first-order valence-electron chi connectivity index (χ1n) is 7.00. The Hall–Kier alpha value is -1.07. The molecule has 0 radical (unpaired) electrons. The zero-order chi connectivity index (χ0) is 12.4. The Bertz CT molecular complexity index is 355. The van der Waals surface area contributed by atoms with Crippen LogP contribution in [0.3, 0.4) is 0 Å². The van der Waals surface area contributed by atoms with E-state index in [1.165, 1.54) is 39.0 Å². The Labute approximate surface area is 109 Å². The van der Waals surface area contributed by atoms with Gasteiger partial charge in [-0.05, 0) is 19.9 Å². The van der Waals surface area contributed by atoms with Gasteiger partial charge in [-0.2, -0.15) is 5.10 Å². The van der Waals surface area contributed by atoms with Crippen molar-refractivity contribution >= 4 is 5.82 Å². The predicted octanol–water partition coefficient (Wildman–Crippen LogP) is 0.626. The largest absolute Gasteiger partial charge is 0.354 e. The second-order valence-corrected chi connectivity index (χ2v) is 5.51. The summed E-state index contributed by atoms with van der Waals surface area (Å²) in [6, 6.07) is 2.79. The summed E-state index contributed by atoms with van der Waals surface area (Å²) in [4.78, 5) is 7.51. The lowest BCUT2D eigenvalue weighted by molar-refractivity contribution is 0.102. The summed E-state index contributed by atoms with van der Waals surface area (Å²) >= 11 is 0. The highest BCUT2D eigenvalue weighted by Gasteiger charge is 2.27. The lowest BCUT2D eigenvalue weighted by Gasteiger charge is -2.42. The molecule has 1 atom stereocenters. The van der Waals surface area contributed by atoms with Crippen LogP contribution in [0.1, 0.15) is 12.8 Å². The average molecular weight is 249 g/mol. The summed E-state index contributed by atoms with van der Waals surface area (Å²) in [7, 11) is 2.22. The highest BCUT2D eigenvalue weighted by atomic mass is 15.3. The van der Waals surface area contributed by atoms with E-state index in [0.717, 1.165) is 18.9 Å². The fourth-order valence-electron chi connectivity index (χ4n) is 3.08. The third-order valence-corrected chi connectivity index (χ3v) is 4.26. The van der Waals surface area contributed by atoms with E-state index in [1.54, 1.807) is 0 Å². The summed E-state index contributed by atoms with van der Waals surface area (Å²) in [5.41, 5.74) is 0. The standard InChI is InChI=1S/C13H23N5/c1-16-7-9-17(10-8-16)12-3-2-6-18(11-12)13-4-5-14-15-13/h4-5,12H,2-3,6-11H2,1H3,(H,14,15). The quantitative estimate of drug-likeness (QED) is 0.834. The van der Waals surface area contributed by atoms with Crippen molar-refractivity contribution in [1.82, 2.24) is 20.0 Å². The molecule has 1 aromatic rings. The number of anilines is 1. The van der Waals surface area contributed by atoms with E-state index in [4.69, 9.17) is 0 Å². The molecular weight excluding hydrogens is 226 g/mol. The van der Waals surface area contributed by atoms with Crippen molar-refractivity contribution in [1.29, 1.82) is 0 Å². The number of H-pyrrole nitrogens is 1. The molecule has 0 saturated carbocycles. The van der Waals surface area contributed by atoms with E-state index in [1.807, 2.05) is 6.20 Å². The molecule has 5 nitrogen and oxygen atoms in total. The van der Waals surface area contributed by atoms with Crippen molar-refractivity contribution < 1.29 is 0 Å². The zero-order valence-corrected chi connectivity index (χ0v) is 11.2. The van der Waals surface area contributed by atoms with Gasteiger partial charge < -0.3 is 9.80 Å². The second-order valence-electron chi connectivity index (χ2n) is 5.51. The van der Waals surface area contributed by atoms with Gasteiger partial charge in [0.2, 0.25) is 0 Å². The van der Waals surface area contributed by atoms with Crippen molar-refractivity contribution in [3.63, 3.8) is 0 Å². The summed E-state index contributed by atoms with van der Waals surface area (Å²) < 4.78 is 0. The molecule has 18 heavy (non-hydrogen) atoms. The molecule has 2 fully saturated rings. The van der Waals surface area contributed by atoms with Crippen LogP contribution in [0, 0.1) is 0 Å². The Morgan fingerprint density at radius 1 is 1.22 bits per heavy atom. The van der Waals surface area contributed by atoms with Crippen LogP contribution in [0.5, 0.6) is 0 Å². The lowest BCUT2D eigenvalue weighted by Crippen LogP contribution is -2.54. The molecule has 3 heterocycles. The van der Waals surface area contributed by atoms with Crippen LogP contribution in [-0.2, 0) is 0 Å². The van der Waals surface area contributed by atoms with Gasteiger partial charge in [0.25, 0.3) is 0 Å². The predicted molar refractivity (Wildman–Crippen MR) is 72.9 cm³/mol. The summed E-state index contributed by atoms with van der Waals surface area (Å²) in [6.07, 6.45) is 4.53. The first kappa shape index (κ1) is 12.0. The van der Waals surface area contributed by atoms with Crippen LogP contribution in [0.2, 0.25) is 0 Å². The van der Waals surface area contributed by atoms with Crippen LogP contribution in [0.25, 0.3) is 0 Å². The minimum atomic E-state index is 0.712. The van der Waals surface area contributed by atoms with Gasteiger partial charge in [0.15, 0.2) is 0 Å². The zero-order valence-electron chi connectivity index (χ0n) is 11.2. The molecule has 1 unspecified atom stereocenters. The van der Waals surface area contributed by atoms with Crippen LogP contribution in [-0.4, -0.2) is 72.4 Å². The molecule has 2 aliphatic heterocycles. The number of aromatic amines is 1. The molecule has 2 aliphatic rings. The van der Waals surface area contributed by atoms with Crippen molar-refractivity contribution in [2.75, 3.05) is 51.2 Å². The topological polar surface area (TPSA) is 38.4 Å². The number of piperazine rings is 1. The maximum absolute atomic E-state index is 4.31. The first-order valence-corrected chi connectivity index (χ1v) is 7.00. The maximum atomic E-state index is 4.31. The van der Waals surface area contributed by atoms with Gasteiger partial charge >= 0.3 is 0 Å². The van der Waals surface area contributed by atoms with Crippen molar-refractivity contribution in [3.8, 4) is 0 Å². The number of nitrogens with zero attached hydrogens (tertiary/aromatic N) is 4. The van der Waals surface area contributed by atoms with Crippen LogP contribution < -0.4 is 4.90 Å². The molecule has 0 spiro atoms. The number of nitrogens with one attached hydrogen (secondary N) is 1. The highest BCUT2D eigenvalue weighted by molar-refractivity contribution is 5.37. The third kappa shape index (κ3) is 2.52. The molecule has 0 bridgehead atoms. The number of piperidine rings is 1. The van der Waals surface area contributed by atoms with E-state index < -0.39 is 0 Å². The molecule has 0 amide bonds. The molecule has 1 aromatic heterocycles. The number of aromatic nitrogens is 2. The number of rotatable bonds is 2.